The molecule has 2 fully saturated rings. The van der Waals surface area contributed by atoms with Crippen molar-refractivity contribution in [1.82, 2.24) is 9.80 Å². The molecule has 2 heterocycles. The lowest BCUT2D eigenvalue weighted by Crippen LogP contribution is -2.31. The largest absolute Gasteiger partial charge is 0.448 e. The minimum absolute atomic E-state index is 0.169. The molecule has 0 aromatic heterocycles. The maximum atomic E-state index is 11.2. The van der Waals surface area contributed by atoms with E-state index in [0.717, 1.165) is 6.54 Å². The summed E-state index contributed by atoms with van der Waals surface area (Å²) >= 11 is 0. The van der Waals surface area contributed by atoms with E-state index in [-0.39, 0.29) is 17.9 Å². The summed E-state index contributed by atoms with van der Waals surface area (Å²) in [4.78, 5) is 25.8. The molecule has 14 heavy (non-hydrogen) atoms. The number of carbonyl (C=O) groups is 2. The van der Waals surface area contributed by atoms with E-state index in [0.29, 0.717) is 26.1 Å². The summed E-state index contributed by atoms with van der Waals surface area (Å²) in [5, 5.41) is 0. The fraction of sp³-hybridized carbons (Fsp3) is 0.778. The van der Waals surface area contributed by atoms with Crippen LogP contribution >= 0.6 is 0 Å². The van der Waals surface area contributed by atoms with Crippen LogP contribution in [-0.4, -0.2) is 55.1 Å². The van der Waals surface area contributed by atoms with Crippen molar-refractivity contribution in [2.45, 2.75) is 6.42 Å². The monoisotopic (exact) mass is 198 g/mol. The Labute approximate surface area is 82.6 Å². The average molecular weight is 198 g/mol. The summed E-state index contributed by atoms with van der Waals surface area (Å²) < 4.78 is 4.82. The molecule has 5 nitrogen and oxygen atoms in total. The van der Waals surface area contributed by atoms with Gasteiger partial charge in [-0.1, -0.05) is 0 Å². The van der Waals surface area contributed by atoms with Gasteiger partial charge in [-0.15, -0.1) is 0 Å². The SMILES string of the molecule is CN1CC(CN2CCOC2=O)CC1=O. The minimum atomic E-state index is -0.244. The van der Waals surface area contributed by atoms with Crippen LogP contribution in [0, 0.1) is 5.92 Å². The molecule has 0 bridgehead atoms. The smallest absolute Gasteiger partial charge is 0.409 e. The Morgan fingerprint density at radius 2 is 2.29 bits per heavy atom. The van der Waals surface area contributed by atoms with Crippen molar-refractivity contribution in [2.24, 2.45) is 5.92 Å². The first kappa shape index (κ1) is 9.30. The van der Waals surface area contributed by atoms with Crippen LogP contribution in [0.4, 0.5) is 4.79 Å². The molecule has 0 spiro atoms. The molecule has 0 saturated carbocycles. The molecule has 2 aliphatic rings. The van der Waals surface area contributed by atoms with Crippen molar-refractivity contribution in [3.63, 3.8) is 0 Å². The molecule has 1 unspecified atom stereocenters. The highest BCUT2D eigenvalue weighted by atomic mass is 16.6. The van der Waals surface area contributed by atoms with E-state index in [4.69, 9.17) is 4.74 Å². The van der Waals surface area contributed by atoms with E-state index in [2.05, 4.69) is 0 Å². The summed E-state index contributed by atoms with van der Waals surface area (Å²) in [6.07, 6.45) is 0.312. The number of carbonyl (C=O) groups excluding carboxylic acids is 2. The van der Waals surface area contributed by atoms with Crippen LogP contribution in [0.5, 0.6) is 0 Å². The minimum Gasteiger partial charge on any atom is -0.448 e. The molecular formula is C9H14N2O3. The van der Waals surface area contributed by atoms with E-state index in [9.17, 15) is 9.59 Å². The second kappa shape index (κ2) is 3.48. The zero-order chi connectivity index (χ0) is 10.1. The summed E-state index contributed by atoms with van der Waals surface area (Å²) in [7, 11) is 1.80. The molecule has 0 N–H and O–H groups in total. The van der Waals surface area contributed by atoms with Crippen LogP contribution in [0.3, 0.4) is 0 Å². The van der Waals surface area contributed by atoms with Crippen LogP contribution in [0.15, 0.2) is 0 Å². The third-order valence-corrected chi connectivity index (χ3v) is 2.74. The third kappa shape index (κ3) is 1.66. The Hall–Kier alpha value is -1.26. The van der Waals surface area contributed by atoms with Crippen molar-refractivity contribution < 1.29 is 14.3 Å². The Kier molecular flexibility index (Phi) is 2.31. The van der Waals surface area contributed by atoms with Gasteiger partial charge in [0.05, 0.1) is 6.54 Å². The predicted molar refractivity (Wildman–Crippen MR) is 48.7 cm³/mol. The van der Waals surface area contributed by atoms with Gasteiger partial charge in [-0.05, 0) is 0 Å². The molecule has 2 saturated heterocycles. The van der Waals surface area contributed by atoms with E-state index in [1.54, 1.807) is 16.8 Å². The van der Waals surface area contributed by atoms with Crippen LogP contribution < -0.4 is 0 Å². The van der Waals surface area contributed by atoms with E-state index in [1.807, 2.05) is 0 Å². The molecule has 78 valence electrons. The fourth-order valence-electron chi connectivity index (χ4n) is 1.98. The van der Waals surface area contributed by atoms with Gasteiger partial charge in [0.25, 0.3) is 0 Å². The van der Waals surface area contributed by atoms with E-state index < -0.39 is 0 Å². The number of hydrogen-bond acceptors (Lipinski definition) is 3. The predicted octanol–water partition coefficient (Wildman–Crippen LogP) is -0.0831. The van der Waals surface area contributed by atoms with Gasteiger partial charge in [-0.25, -0.2) is 4.79 Å². The molecule has 2 aliphatic heterocycles. The number of ether oxygens (including phenoxy) is 1. The first-order chi connectivity index (χ1) is 6.66. The van der Waals surface area contributed by atoms with Gasteiger partial charge in [0.2, 0.25) is 5.91 Å². The second-order valence-corrected chi connectivity index (χ2v) is 3.90. The van der Waals surface area contributed by atoms with Crippen molar-refractivity contribution in [2.75, 3.05) is 33.3 Å². The molecule has 0 aromatic carbocycles. The maximum Gasteiger partial charge on any atom is 0.409 e. The van der Waals surface area contributed by atoms with Gasteiger partial charge in [0, 0.05) is 32.5 Å². The number of likely N-dealkylation sites (tertiary alicyclic amines) is 1. The molecule has 0 aliphatic carbocycles. The van der Waals surface area contributed by atoms with Gasteiger partial charge in [-0.3, -0.25) is 4.79 Å². The van der Waals surface area contributed by atoms with Crippen LogP contribution in [0.25, 0.3) is 0 Å². The lowest BCUT2D eigenvalue weighted by atomic mass is 10.1. The van der Waals surface area contributed by atoms with Crippen LogP contribution in [-0.2, 0) is 9.53 Å². The summed E-state index contributed by atoms with van der Waals surface area (Å²) in [5.74, 6) is 0.445. The van der Waals surface area contributed by atoms with Crippen LogP contribution in [0.2, 0.25) is 0 Å². The number of cyclic esters (lactones) is 1. The summed E-state index contributed by atoms with van der Waals surface area (Å²) in [6.45, 7) is 2.54. The Morgan fingerprint density at radius 1 is 1.50 bits per heavy atom. The van der Waals surface area contributed by atoms with Gasteiger partial charge < -0.3 is 14.5 Å². The van der Waals surface area contributed by atoms with Crippen molar-refractivity contribution >= 4 is 12.0 Å². The zero-order valence-corrected chi connectivity index (χ0v) is 8.23. The lowest BCUT2D eigenvalue weighted by molar-refractivity contribution is -0.126. The number of amides is 2. The van der Waals surface area contributed by atoms with Crippen LogP contribution in [0.1, 0.15) is 6.42 Å². The number of rotatable bonds is 2. The van der Waals surface area contributed by atoms with E-state index >= 15 is 0 Å². The Bertz CT molecular complexity index is 267. The average Bonchev–Trinajstić information content (AvgIpc) is 2.63. The molecule has 2 rings (SSSR count). The Balaban J connectivity index is 1.86. The van der Waals surface area contributed by atoms with Gasteiger partial charge in [0.1, 0.15) is 6.61 Å². The lowest BCUT2D eigenvalue weighted by Gasteiger charge is -2.16. The first-order valence-corrected chi connectivity index (χ1v) is 4.82. The highest BCUT2D eigenvalue weighted by Crippen LogP contribution is 2.18. The molecular weight excluding hydrogens is 184 g/mol. The topological polar surface area (TPSA) is 49.9 Å². The quantitative estimate of drug-likeness (QED) is 0.623. The van der Waals surface area contributed by atoms with Crippen molar-refractivity contribution in [3.8, 4) is 0 Å². The maximum absolute atomic E-state index is 11.2. The Morgan fingerprint density at radius 3 is 2.79 bits per heavy atom. The van der Waals surface area contributed by atoms with Gasteiger partial charge in [0.15, 0.2) is 0 Å². The number of hydrogen-bond donors (Lipinski definition) is 0. The highest BCUT2D eigenvalue weighted by Gasteiger charge is 2.31. The zero-order valence-electron chi connectivity index (χ0n) is 8.23. The standard InChI is InChI=1S/C9H14N2O3/c1-10-5-7(4-8(10)12)6-11-2-3-14-9(11)13/h7H,2-6H2,1H3. The molecule has 0 aromatic rings. The van der Waals surface area contributed by atoms with Crippen molar-refractivity contribution in [3.05, 3.63) is 0 Å². The van der Waals surface area contributed by atoms with Gasteiger partial charge >= 0.3 is 6.09 Å². The first-order valence-electron chi connectivity index (χ1n) is 4.82. The molecule has 5 heteroatoms. The number of nitrogens with zero attached hydrogens (tertiary/aromatic N) is 2. The second-order valence-electron chi connectivity index (χ2n) is 3.90. The summed E-state index contributed by atoms with van der Waals surface area (Å²) in [5.41, 5.74) is 0. The van der Waals surface area contributed by atoms with Gasteiger partial charge in [-0.2, -0.15) is 0 Å². The molecule has 1 atom stereocenters. The van der Waals surface area contributed by atoms with Crippen molar-refractivity contribution in [1.29, 1.82) is 0 Å². The normalized spacial score (nSPS) is 27.4. The highest BCUT2D eigenvalue weighted by molar-refractivity contribution is 5.78. The summed E-state index contributed by atoms with van der Waals surface area (Å²) in [6, 6.07) is 0. The fourth-order valence-corrected chi connectivity index (χ4v) is 1.98. The molecule has 0 radical (unpaired) electrons. The molecule has 2 amide bonds. The van der Waals surface area contributed by atoms with E-state index in [1.165, 1.54) is 0 Å². The third-order valence-electron chi connectivity index (χ3n) is 2.74.